The number of rotatable bonds is 5. The van der Waals surface area contributed by atoms with Gasteiger partial charge in [0.1, 0.15) is 0 Å². The highest BCUT2D eigenvalue weighted by Gasteiger charge is 2.21. The zero-order chi connectivity index (χ0) is 15.6. The quantitative estimate of drug-likeness (QED) is 0.776. The van der Waals surface area contributed by atoms with Gasteiger partial charge in [-0.15, -0.1) is 0 Å². The predicted molar refractivity (Wildman–Crippen MR) is 86.2 cm³/mol. The highest BCUT2D eigenvalue weighted by Crippen LogP contribution is 2.29. The van der Waals surface area contributed by atoms with E-state index in [9.17, 15) is 13.2 Å². The summed E-state index contributed by atoms with van der Waals surface area (Å²) in [6.07, 6.45) is 4.72. The van der Waals surface area contributed by atoms with Gasteiger partial charge in [0, 0.05) is 27.3 Å². The Morgan fingerprint density at radius 3 is 2.62 bits per heavy atom. The molecule has 0 aliphatic heterocycles. The lowest BCUT2D eigenvalue weighted by Gasteiger charge is -2.25. The van der Waals surface area contributed by atoms with Gasteiger partial charge in [0.25, 0.3) is 15.0 Å². The zero-order valence-corrected chi connectivity index (χ0v) is 14.8. The number of hydrogen-bond donors (Lipinski definition) is 1. The van der Waals surface area contributed by atoms with Crippen molar-refractivity contribution in [3.8, 4) is 0 Å². The lowest BCUT2D eigenvalue weighted by molar-refractivity contribution is 0.0948. The van der Waals surface area contributed by atoms with Crippen molar-refractivity contribution in [2.45, 2.75) is 37.5 Å². The summed E-state index contributed by atoms with van der Waals surface area (Å²) in [5.41, 5.74) is 0.701. The van der Waals surface area contributed by atoms with Gasteiger partial charge in [0.05, 0.1) is 4.90 Å². The second kappa shape index (κ2) is 6.67. The molecule has 1 fully saturated rings. The fraction of sp³-hybridized carbons (Fsp3) is 0.500. The van der Waals surface area contributed by atoms with E-state index in [1.54, 1.807) is 13.0 Å². The molecule has 1 aromatic carbocycles. The SMILES string of the molecule is Cc1c(C(=O)NCCC2CCC2)cc(Br)cc1S(=O)(=O)Cl. The van der Waals surface area contributed by atoms with Crippen LogP contribution >= 0.6 is 26.6 Å². The molecule has 1 aromatic rings. The molecule has 0 aromatic heterocycles. The molecule has 2 rings (SSSR count). The van der Waals surface area contributed by atoms with Crippen LogP contribution in [0.2, 0.25) is 0 Å². The summed E-state index contributed by atoms with van der Waals surface area (Å²) < 4.78 is 23.6. The molecule has 0 atom stereocenters. The van der Waals surface area contributed by atoms with E-state index in [1.165, 1.54) is 25.3 Å². The summed E-state index contributed by atoms with van der Waals surface area (Å²) >= 11 is 3.22. The van der Waals surface area contributed by atoms with Crippen molar-refractivity contribution < 1.29 is 13.2 Å². The Hall–Kier alpha value is -0.590. The molecule has 21 heavy (non-hydrogen) atoms. The Kier molecular flexibility index (Phi) is 5.33. The maximum Gasteiger partial charge on any atom is 0.261 e. The number of halogens is 2. The first-order valence-electron chi connectivity index (χ1n) is 6.82. The van der Waals surface area contributed by atoms with Crippen LogP contribution in [0.5, 0.6) is 0 Å². The summed E-state index contributed by atoms with van der Waals surface area (Å²) in [4.78, 5) is 12.2. The molecule has 0 saturated heterocycles. The third-order valence-electron chi connectivity index (χ3n) is 3.90. The number of carbonyl (C=O) groups excluding carboxylic acids is 1. The molecule has 116 valence electrons. The fourth-order valence-corrected chi connectivity index (χ4v) is 4.24. The number of carbonyl (C=O) groups is 1. The van der Waals surface area contributed by atoms with Crippen LogP contribution in [-0.2, 0) is 9.05 Å². The first kappa shape index (κ1) is 16.8. The minimum absolute atomic E-state index is 0.0392. The van der Waals surface area contributed by atoms with Crippen LogP contribution in [0.4, 0.5) is 0 Å². The summed E-state index contributed by atoms with van der Waals surface area (Å²) in [7, 11) is 1.53. The number of benzene rings is 1. The Morgan fingerprint density at radius 1 is 1.43 bits per heavy atom. The third-order valence-corrected chi connectivity index (χ3v) is 5.80. The van der Waals surface area contributed by atoms with Gasteiger partial charge in [-0.2, -0.15) is 0 Å². The first-order valence-corrected chi connectivity index (χ1v) is 9.92. The Balaban J connectivity index is 2.14. The van der Waals surface area contributed by atoms with Crippen LogP contribution in [0.15, 0.2) is 21.5 Å². The van der Waals surface area contributed by atoms with Gasteiger partial charge >= 0.3 is 0 Å². The highest BCUT2D eigenvalue weighted by molar-refractivity contribution is 9.10. The summed E-state index contributed by atoms with van der Waals surface area (Å²) in [6, 6.07) is 3.02. The fourth-order valence-electron chi connectivity index (χ4n) is 2.41. The van der Waals surface area contributed by atoms with Crippen molar-refractivity contribution in [2.75, 3.05) is 6.54 Å². The van der Waals surface area contributed by atoms with E-state index in [-0.39, 0.29) is 10.8 Å². The number of nitrogens with one attached hydrogen (secondary N) is 1. The Labute approximate surface area is 137 Å². The second-order valence-corrected chi connectivity index (χ2v) is 8.81. The van der Waals surface area contributed by atoms with Gasteiger partial charge in [-0.25, -0.2) is 8.42 Å². The first-order chi connectivity index (χ1) is 9.79. The van der Waals surface area contributed by atoms with E-state index >= 15 is 0 Å². The minimum Gasteiger partial charge on any atom is -0.352 e. The molecule has 1 N–H and O–H groups in total. The van der Waals surface area contributed by atoms with Crippen LogP contribution in [0.25, 0.3) is 0 Å². The van der Waals surface area contributed by atoms with Gasteiger partial charge in [-0.3, -0.25) is 4.79 Å². The van der Waals surface area contributed by atoms with Crippen molar-refractivity contribution in [1.29, 1.82) is 0 Å². The van der Waals surface area contributed by atoms with E-state index in [2.05, 4.69) is 21.2 Å². The lowest BCUT2D eigenvalue weighted by atomic mass is 9.83. The maximum absolute atomic E-state index is 12.2. The van der Waals surface area contributed by atoms with Crippen LogP contribution in [0, 0.1) is 12.8 Å². The van der Waals surface area contributed by atoms with Crippen LogP contribution < -0.4 is 5.32 Å². The van der Waals surface area contributed by atoms with Crippen LogP contribution in [-0.4, -0.2) is 20.9 Å². The molecule has 0 heterocycles. The summed E-state index contributed by atoms with van der Waals surface area (Å²) in [5, 5.41) is 2.85. The molecular weight excluding hydrogens is 378 g/mol. The standard InChI is InChI=1S/C14H17BrClNO3S/c1-9-12(7-11(15)8-13(9)21(16,19)20)14(18)17-6-5-10-3-2-4-10/h7-8,10H,2-6H2,1H3,(H,17,18). The van der Waals surface area contributed by atoms with Gasteiger partial charge in [0.15, 0.2) is 0 Å². The Morgan fingerprint density at radius 2 is 2.10 bits per heavy atom. The molecule has 0 radical (unpaired) electrons. The predicted octanol–water partition coefficient (Wildman–Crippen LogP) is 3.61. The van der Waals surface area contributed by atoms with Crippen molar-refractivity contribution in [2.24, 2.45) is 5.92 Å². The number of amides is 1. The molecule has 0 spiro atoms. The maximum atomic E-state index is 12.2. The monoisotopic (exact) mass is 393 g/mol. The molecule has 1 saturated carbocycles. The number of hydrogen-bond acceptors (Lipinski definition) is 3. The molecule has 0 bridgehead atoms. The molecule has 1 aliphatic rings. The van der Waals surface area contributed by atoms with Crippen molar-refractivity contribution in [1.82, 2.24) is 5.32 Å². The van der Waals surface area contributed by atoms with Crippen LogP contribution in [0.1, 0.15) is 41.6 Å². The normalized spacial score (nSPS) is 15.6. The summed E-state index contributed by atoms with van der Waals surface area (Å²) in [6.45, 7) is 2.20. The highest BCUT2D eigenvalue weighted by atomic mass is 79.9. The van der Waals surface area contributed by atoms with E-state index in [0.717, 1.165) is 6.42 Å². The van der Waals surface area contributed by atoms with Crippen molar-refractivity contribution in [3.05, 3.63) is 27.7 Å². The molecule has 1 amide bonds. The Bertz CT molecular complexity index is 656. The second-order valence-electron chi connectivity index (χ2n) is 5.36. The van der Waals surface area contributed by atoms with E-state index in [0.29, 0.717) is 28.1 Å². The van der Waals surface area contributed by atoms with Crippen molar-refractivity contribution in [3.63, 3.8) is 0 Å². The zero-order valence-electron chi connectivity index (χ0n) is 11.7. The molecule has 7 heteroatoms. The van der Waals surface area contributed by atoms with Gasteiger partial charge in [0.2, 0.25) is 0 Å². The topological polar surface area (TPSA) is 63.2 Å². The van der Waals surface area contributed by atoms with Gasteiger partial charge in [-0.05, 0) is 37.0 Å². The summed E-state index contributed by atoms with van der Waals surface area (Å²) in [5.74, 6) is 0.447. The molecule has 4 nitrogen and oxygen atoms in total. The van der Waals surface area contributed by atoms with E-state index < -0.39 is 9.05 Å². The molecular formula is C14H17BrClNO3S. The smallest absolute Gasteiger partial charge is 0.261 e. The largest absolute Gasteiger partial charge is 0.352 e. The lowest BCUT2D eigenvalue weighted by Crippen LogP contribution is -2.28. The van der Waals surface area contributed by atoms with Crippen LogP contribution in [0.3, 0.4) is 0 Å². The average molecular weight is 395 g/mol. The van der Waals surface area contributed by atoms with E-state index in [4.69, 9.17) is 10.7 Å². The van der Waals surface area contributed by atoms with Crippen molar-refractivity contribution >= 4 is 41.6 Å². The average Bonchev–Trinajstić information content (AvgIpc) is 2.33. The minimum atomic E-state index is -3.88. The molecule has 0 unspecified atom stereocenters. The van der Waals surface area contributed by atoms with Gasteiger partial charge < -0.3 is 5.32 Å². The van der Waals surface area contributed by atoms with Gasteiger partial charge in [-0.1, -0.05) is 35.2 Å². The third kappa shape index (κ3) is 4.20. The van der Waals surface area contributed by atoms with E-state index in [1.807, 2.05) is 0 Å². The molecule has 1 aliphatic carbocycles.